The molecule has 210 valence electrons. The van der Waals surface area contributed by atoms with Crippen molar-refractivity contribution in [2.24, 2.45) is 5.92 Å². The molecule has 0 radical (unpaired) electrons. The quantitative estimate of drug-likeness (QED) is 0.277. The van der Waals surface area contributed by atoms with E-state index in [1.165, 1.54) is 11.8 Å². The van der Waals surface area contributed by atoms with E-state index in [2.05, 4.69) is 20.8 Å². The number of halogens is 1. The Hall–Kier alpha value is -2.43. The maximum absolute atomic E-state index is 13.7. The third-order valence-electron chi connectivity index (χ3n) is 6.44. The predicted octanol–water partition coefficient (Wildman–Crippen LogP) is 3.92. The fraction of sp³-hybridized carbons (Fsp3) is 0.593. The summed E-state index contributed by atoms with van der Waals surface area (Å²) in [4.78, 5) is 42.0. The number of thioether (sulfide) groups is 1. The molecule has 9 nitrogen and oxygen atoms in total. The summed E-state index contributed by atoms with van der Waals surface area (Å²) in [6.07, 6.45) is 4.36. The molecule has 1 fully saturated rings. The lowest BCUT2D eigenvalue weighted by Gasteiger charge is -2.37. The van der Waals surface area contributed by atoms with Crippen molar-refractivity contribution in [3.05, 3.63) is 41.8 Å². The van der Waals surface area contributed by atoms with Gasteiger partial charge < -0.3 is 20.0 Å². The predicted molar refractivity (Wildman–Crippen MR) is 151 cm³/mol. The number of hydrogen-bond donors (Lipinski definition) is 2. The summed E-state index contributed by atoms with van der Waals surface area (Å²) >= 11 is 1.39. The van der Waals surface area contributed by atoms with Crippen LogP contribution < -0.4 is 10.6 Å². The Morgan fingerprint density at radius 2 is 1.76 bits per heavy atom. The van der Waals surface area contributed by atoms with Gasteiger partial charge in [0.1, 0.15) is 5.54 Å². The zero-order valence-electron chi connectivity index (χ0n) is 22.7. The zero-order chi connectivity index (χ0) is 26.8. The molecular formula is C27H40ClN5O4S. The molecule has 2 N–H and O–H groups in total. The number of amides is 2. The molecule has 1 aromatic heterocycles. The van der Waals surface area contributed by atoms with Crippen LogP contribution in [0.4, 0.5) is 0 Å². The summed E-state index contributed by atoms with van der Waals surface area (Å²) in [5, 5.41) is 14.3. The van der Waals surface area contributed by atoms with Crippen molar-refractivity contribution >= 4 is 41.8 Å². The minimum Gasteiger partial charge on any atom is -0.408 e. The SMILES string of the molecule is CC(C)CC(NC(=O)C1(NC(=O)Cc2ccccc2)CCCCC1)C(=O)c1nnc(SCCN(C)C)o1.Cl. The Morgan fingerprint density at radius 3 is 2.39 bits per heavy atom. The molecule has 0 saturated heterocycles. The van der Waals surface area contributed by atoms with Crippen molar-refractivity contribution < 1.29 is 18.8 Å². The van der Waals surface area contributed by atoms with Crippen molar-refractivity contribution in [1.29, 1.82) is 0 Å². The minimum absolute atomic E-state index is 0. The lowest BCUT2D eigenvalue weighted by molar-refractivity contribution is -0.135. The van der Waals surface area contributed by atoms with Gasteiger partial charge in [-0.3, -0.25) is 14.4 Å². The van der Waals surface area contributed by atoms with Crippen LogP contribution in [0, 0.1) is 5.92 Å². The number of aromatic nitrogens is 2. The largest absolute Gasteiger partial charge is 0.408 e. The van der Waals surface area contributed by atoms with E-state index < -0.39 is 17.4 Å². The number of carbonyl (C=O) groups is 3. The van der Waals surface area contributed by atoms with Crippen molar-refractivity contribution in [2.45, 2.75) is 75.6 Å². The number of benzene rings is 1. The van der Waals surface area contributed by atoms with E-state index in [0.717, 1.165) is 37.1 Å². The average Bonchev–Trinajstić information content (AvgIpc) is 3.32. The van der Waals surface area contributed by atoms with Crippen LogP contribution in [0.5, 0.6) is 0 Å². The van der Waals surface area contributed by atoms with Gasteiger partial charge in [0.15, 0.2) is 0 Å². The Labute approximate surface area is 235 Å². The fourth-order valence-electron chi connectivity index (χ4n) is 4.49. The minimum atomic E-state index is -1.04. The number of nitrogens with zero attached hydrogens (tertiary/aromatic N) is 3. The van der Waals surface area contributed by atoms with Crippen molar-refractivity contribution in [3.63, 3.8) is 0 Å². The van der Waals surface area contributed by atoms with Crippen molar-refractivity contribution in [3.8, 4) is 0 Å². The van der Waals surface area contributed by atoms with Crippen LogP contribution in [0.1, 0.15) is 68.6 Å². The van der Waals surface area contributed by atoms with Crippen molar-refractivity contribution in [1.82, 2.24) is 25.7 Å². The Balaban J connectivity index is 0.00000507. The molecule has 0 spiro atoms. The second-order valence-electron chi connectivity index (χ2n) is 10.4. The number of Topliss-reactive ketones (excluding diaryl/α,β-unsaturated/α-hetero) is 1. The van der Waals surface area contributed by atoms with Crippen molar-refractivity contribution in [2.75, 3.05) is 26.4 Å². The number of carbonyl (C=O) groups excluding carboxylic acids is 3. The smallest absolute Gasteiger partial charge is 0.286 e. The van der Waals surface area contributed by atoms with Gasteiger partial charge in [-0.1, -0.05) is 75.2 Å². The molecule has 1 aliphatic carbocycles. The molecule has 1 saturated carbocycles. The monoisotopic (exact) mass is 565 g/mol. The van der Waals surface area contributed by atoms with E-state index in [4.69, 9.17) is 4.42 Å². The Morgan fingerprint density at radius 1 is 1.08 bits per heavy atom. The molecule has 2 amide bonds. The fourth-order valence-corrected chi connectivity index (χ4v) is 5.36. The summed E-state index contributed by atoms with van der Waals surface area (Å²) in [5.74, 6) is -0.153. The van der Waals surface area contributed by atoms with Crippen LogP contribution >= 0.6 is 24.2 Å². The number of rotatable bonds is 13. The average molecular weight is 566 g/mol. The van der Waals surface area contributed by atoms with E-state index in [0.29, 0.717) is 24.5 Å². The highest BCUT2D eigenvalue weighted by atomic mass is 35.5. The van der Waals surface area contributed by atoms with E-state index in [-0.39, 0.29) is 42.5 Å². The van der Waals surface area contributed by atoms with E-state index in [1.807, 2.05) is 63.2 Å². The van der Waals surface area contributed by atoms with Gasteiger partial charge in [0.05, 0.1) is 12.5 Å². The molecule has 1 heterocycles. The maximum atomic E-state index is 13.7. The van der Waals surface area contributed by atoms with Gasteiger partial charge in [-0.25, -0.2) is 0 Å². The van der Waals surface area contributed by atoms with E-state index >= 15 is 0 Å². The number of nitrogens with one attached hydrogen (secondary N) is 2. The van der Waals surface area contributed by atoms with Gasteiger partial charge in [0.25, 0.3) is 11.1 Å². The van der Waals surface area contributed by atoms with Crippen LogP contribution in [0.2, 0.25) is 0 Å². The molecule has 0 aliphatic heterocycles. The molecule has 2 aromatic rings. The highest BCUT2D eigenvalue weighted by Gasteiger charge is 2.42. The van der Waals surface area contributed by atoms with E-state index in [9.17, 15) is 14.4 Å². The molecule has 11 heteroatoms. The molecule has 0 bridgehead atoms. The standard InChI is InChI=1S/C27H39N5O4S.ClH/c1-19(2)17-21(23(34)24-30-31-26(36-24)37-16-15-32(3)4)28-25(35)27(13-9-6-10-14-27)29-22(33)18-20-11-7-5-8-12-20;/h5,7-8,11-12,19,21H,6,9-10,13-18H2,1-4H3,(H,28,35)(H,29,33);1H. The first kappa shape index (κ1) is 31.8. The van der Waals surface area contributed by atoms with Gasteiger partial charge in [-0.2, -0.15) is 0 Å². The summed E-state index contributed by atoms with van der Waals surface area (Å²) < 4.78 is 5.62. The first-order chi connectivity index (χ1) is 17.7. The van der Waals surface area contributed by atoms with Gasteiger partial charge in [0.2, 0.25) is 17.6 Å². The molecular weight excluding hydrogens is 526 g/mol. The van der Waals surface area contributed by atoms with Gasteiger partial charge in [-0.05, 0) is 44.8 Å². The summed E-state index contributed by atoms with van der Waals surface area (Å²) in [7, 11) is 3.96. The summed E-state index contributed by atoms with van der Waals surface area (Å²) in [6.45, 7) is 4.81. The molecule has 1 aromatic carbocycles. The van der Waals surface area contributed by atoms with Crippen LogP contribution in [0.25, 0.3) is 0 Å². The summed E-state index contributed by atoms with van der Waals surface area (Å²) in [6, 6.07) is 8.63. The second kappa shape index (κ2) is 15.2. The van der Waals surface area contributed by atoms with E-state index in [1.54, 1.807) is 0 Å². The van der Waals surface area contributed by atoms with Gasteiger partial charge in [0, 0.05) is 12.3 Å². The Bertz CT molecular complexity index is 1040. The first-order valence-corrected chi connectivity index (χ1v) is 14.0. The molecule has 38 heavy (non-hydrogen) atoms. The highest BCUT2D eigenvalue weighted by molar-refractivity contribution is 7.99. The third kappa shape index (κ3) is 9.39. The van der Waals surface area contributed by atoms with Crippen LogP contribution in [-0.2, 0) is 16.0 Å². The normalized spacial score (nSPS) is 15.5. The summed E-state index contributed by atoms with van der Waals surface area (Å²) in [5.41, 5.74) is -0.156. The molecule has 1 aliphatic rings. The first-order valence-electron chi connectivity index (χ1n) is 13.0. The topological polar surface area (TPSA) is 117 Å². The molecule has 1 unspecified atom stereocenters. The lowest BCUT2D eigenvalue weighted by Crippen LogP contribution is -2.62. The molecule has 3 rings (SSSR count). The second-order valence-corrected chi connectivity index (χ2v) is 11.4. The van der Waals surface area contributed by atoms with Crippen LogP contribution in [0.3, 0.4) is 0 Å². The zero-order valence-corrected chi connectivity index (χ0v) is 24.3. The van der Waals surface area contributed by atoms with Crippen LogP contribution in [-0.4, -0.2) is 70.7 Å². The third-order valence-corrected chi connectivity index (χ3v) is 7.24. The van der Waals surface area contributed by atoms with Gasteiger partial charge in [-0.15, -0.1) is 22.6 Å². The lowest BCUT2D eigenvalue weighted by atomic mass is 9.80. The Kier molecular flexibility index (Phi) is 12.7. The number of ketones is 1. The highest BCUT2D eigenvalue weighted by Crippen LogP contribution is 2.29. The van der Waals surface area contributed by atoms with Gasteiger partial charge >= 0.3 is 0 Å². The number of hydrogen-bond acceptors (Lipinski definition) is 8. The maximum Gasteiger partial charge on any atom is 0.286 e. The van der Waals surface area contributed by atoms with Crippen LogP contribution in [0.15, 0.2) is 40.0 Å². The molecule has 1 atom stereocenters.